The summed E-state index contributed by atoms with van der Waals surface area (Å²) in [5, 5.41) is 2.89. The number of aryl methyl sites for hydroxylation is 1. The van der Waals surface area contributed by atoms with Gasteiger partial charge in [-0.2, -0.15) is 17.9 Å². The number of H-pyrrole nitrogens is 1. The van der Waals surface area contributed by atoms with Crippen LogP contribution in [-0.4, -0.2) is 24.3 Å². The number of aromatic nitrogens is 6. The van der Waals surface area contributed by atoms with E-state index in [4.69, 9.17) is 5.73 Å². The van der Waals surface area contributed by atoms with Gasteiger partial charge < -0.3 is 10.3 Å². The second-order valence-electron chi connectivity index (χ2n) is 7.72. The zero-order valence-corrected chi connectivity index (χ0v) is 18.9. The van der Waals surface area contributed by atoms with E-state index in [9.17, 15) is 22.8 Å². The van der Waals surface area contributed by atoms with E-state index in [0.29, 0.717) is 33.7 Å². The first-order valence-corrected chi connectivity index (χ1v) is 11.1. The van der Waals surface area contributed by atoms with Gasteiger partial charge in [0.2, 0.25) is 11.2 Å². The fourth-order valence-corrected chi connectivity index (χ4v) is 4.52. The van der Waals surface area contributed by atoms with E-state index in [1.807, 2.05) is 30.3 Å². The largest absolute Gasteiger partial charge is 0.428 e. The molecule has 0 aliphatic carbocycles. The van der Waals surface area contributed by atoms with Gasteiger partial charge in [-0.25, -0.2) is 14.9 Å². The predicted octanol–water partition coefficient (Wildman–Crippen LogP) is 2.45. The first-order valence-electron chi connectivity index (χ1n) is 10.2. The van der Waals surface area contributed by atoms with Crippen molar-refractivity contribution in [2.24, 2.45) is 7.05 Å². The molecule has 3 N–H and O–H groups in total. The molecule has 4 aromatic heterocycles. The van der Waals surface area contributed by atoms with Crippen LogP contribution in [0.1, 0.15) is 10.6 Å². The molecule has 1 aromatic carbocycles. The van der Waals surface area contributed by atoms with Gasteiger partial charge >= 0.3 is 17.8 Å². The lowest BCUT2D eigenvalue weighted by atomic mass is 10.0. The highest BCUT2D eigenvalue weighted by Gasteiger charge is 2.37. The predicted molar refractivity (Wildman–Crippen MR) is 123 cm³/mol. The van der Waals surface area contributed by atoms with Crippen LogP contribution in [0, 0.1) is 0 Å². The molecule has 13 heteroatoms. The lowest BCUT2D eigenvalue weighted by Crippen LogP contribution is -2.44. The fourth-order valence-electron chi connectivity index (χ4n) is 3.84. The van der Waals surface area contributed by atoms with Crippen LogP contribution in [0.3, 0.4) is 0 Å². The van der Waals surface area contributed by atoms with Crippen LogP contribution in [-0.2, 0) is 19.8 Å². The third kappa shape index (κ3) is 3.89. The Morgan fingerprint density at radius 2 is 1.86 bits per heavy atom. The quantitative estimate of drug-likeness (QED) is 0.368. The maximum absolute atomic E-state index is 13.4. The van der Waals surface area contributed by atoms with Crippen LogP contribution in [0.5, 0.6) is 0 Å². The summed E-state index contributed by atoms with van der Waals surface area (Å²) in [7, 11) is 1.58. The number of hydrogen-bond acceptors (Lipinski definition) is 6. The Kier molecular flexibility index (Phi) is 5.28. The Hall–Kier alpha value is -4.26. The number of thiazole rings is 1. The molecule has 0 unspecified atom stereocenters. The number of halogens is 3. The monoisotopic (exact) mass is 500 g/mol. The summed E-state index contributed by atoms with van der Waals surface area (Å²) in [6.07, 6.45) is -3.01. The summed E-state index contributed by atoms with van der Waals surface area (Å²) in [5.41, 5.74) is 8.32. The number of nitrogens with one attached hydrogen (secondary N) is 1. The molecule has 0 saturated heterocycles. The molecule has 0 amide bonds. The van der Waals surface area contributed by atoms with Crippen LogP contribution in [0.4, 0.5) is 19.1 Å². The number of aromatic amines is 1. The summed E-state index contributed by atoms with van der Waals surface area (Å²) >= 11 is 0.453. The molecule has 0 radical (unpaired) electrons. The number of nitrogen functional groups attached to an aromatic ring is 1. The minimum atomic E-state index is -4.60. The fraction of sp³-hybridized carbons (Fsp3) is 0.136. The average Bonchev–Trinajstić information content (AvgIpc) is 3.42. The molecule has 0 aliphatic heterocycles. The number of benzene rings is 1. The second-order valence-corrected chi connectivity index (χ2v) is 8.57. The van der Waals surface area contributed by atoms with Gasteiger partial charge in [-0.15, -0.1) is 20.7 Å². The van der Waals surface area contributed by atoms with Crippen molar-refractivity contribution in [1.29, 1.82) is 0 Å². The molecular formula is C22H17F3N7O2S+. The zero-order valence-electron chi connectivity index (χ0n) is 18.1. The molecule has 5 rings (SSSR count). The molecule has 5 aromatic rings. The maximum Gasteiger partial charge on any atom is 0.428 e. The molecule has 0 spiro atoms. The van der Waals surface area contributed by atoms with Crippen molar-refractivity contribution in [3.63, 3.8) is 0 Å². The third-order valence-electron chi connectivity index (χ3n) is 5.44. The number of pyridine rings is 1. The molecule has 0 bridgehead atoms. The van der Waals surface area contributed by atoms with E-state index in [2.05, 4.69) is 15.1 Å². The molecule has 4 heterocycles. The zero-order chi connectivity index (χ0) is 24.9. The minimum Gasteiger partial charge on any atom is -0.319 e. The highest BCUT2D eigenvalue weighted by molar-refractivity contribution is 7.09. The van der Waals surface area contributed by atoms with Gasteiger partial charge in [0.15, 0.2) is 0 Å². The molecular weight excluding hydrogens is 483 g/mol. The summed E-state index contributed by atoms with van der Waals surface area (Å²) in [5.74, 6) is -0.151. The number of hydrogen-bond donors (Lipinski definition) is 2. The average molecular weight is 500 g/mol. The van der Waals surface area contributed by atoms with Crippen LogP contribution in [0.2, 0.25) is 0 Å². The highest BCUT2D eigenvalue weighted by atomic mass is 32.1. The van der Waals surface area contributed by atoms with Crippen LogP contribution in [0.25, 0.3) is 28.0 Å². The number of rotatable bonds is 4. The third-order valence-corrected chi connectivity index (χ3v) is 6.36. The molecule has 0 fully saturated rings. The first-order chi connectivity index (χ1) is 16.6. The molecule has 178 valence electrons. The van der Waals surface area contributed by atoms with Gasteiger partial charge in [0.05, 0.1) is 16.8 Å². The first kappa shape index (κ1) is 22.5. The Morgan fingerprint density at radius 1 is 1.11 bits per heavy atom. The van der Waals surface area contributed by atoms with Gasteiger partial charge in [-0.3, -0.25) is 4.79 Å². The number of alkyl halides is 3. The number of anilines is 1. The number of nitrogens with two attached hydrogens (primary N) is 1. The minimum absolute atomic E-state index is 0.151. The van der Waals surface area contributed by atoms with E-state index >= 15 is 0 Å². The van der Waals surface area contributed by atoms with Gasteiger partial charge in [-0.05, 0) is 6.07 Å². The molecule has 0 atom stereocenters. The number of fused-ring (bicyclic) bond motifs is 1. The van der Waals surface area contributed by atoms with E-state index in [1.54, 1.807) is 19.3 Å². The molecule has 0 saturated carbocycles. The molecule has 35 heavy (non-hydrogen) atoms. The lowest BCUT2D eigenvalue weighted by molar-refractivity contribution is -0.516. The Morgan fingerprint density at radius 3 is 2.54 bits per heavy atom. The van der Waals surface area contributed by atoms with Crippen LogP contribution in [0.15, 0.2) is 63.8 Å². The topological polar surface area (TPSA) is 116 Å². The van der Waals surface area contributed by atoms with E-state index in [0.717, 1.165) is 14.6 Å². The van der Waals surface area contributed by atoms with E-state index in [1.165, 1.54) is 10.6 Å². The van der Waals surface area contributed by atoms with Crippen molar-refractivity contribution in [3.05, 3.63) is 85.6 Å². The van der Waals surface area contributed by atoms with Gasteiger partial charge in [0, 0.05) is 30.4 Å². The maximum atomic E-state index is 13.4. The summed E-state index contributed by atoms with van der Waals surface area (Å²) in [4.78, 5) is 32.6. The van der Waals surface area contributed by atoms with Crippen molar-refractivity contribution < 1.29 is 17.6 Å². The summed E-state index contributed by atoms with van der Waals surface area (Å²) in [6.45, 7) is -0.453. The van der Waals surface area contributed by atoms with E-state index < -0.39 is 23.3 Å². The van der Waals surface area contributed by atoms with Gasteiger partial charge in [0.1, 0.15) is 17.1 Å². The lowest BCUT2D eigenvalue weighted by Gasteiger charge is -2.09. The summed E-state index contributed by atoms with van der Waals surface area (Å²) < 4.78 is 43.5. The van der Waals surface area contributed by atoms with Crippen molar-refractivity contribution in [3.8, 4) is 22.4 Å². The second kappa shape index (κ2) is 8.20. The van der Waals surface area contributed by atoms with Crippen molar-refractivity contribution in [1.82, 2.24) is 24.3 Å². The standard InChI is InChI=1S/C22H16F3N7O2S/c1-30-9-13(7-8-15(30)33)16-17(12-5-3-2-4-6-12)28-20(26)32-19(16)29-31(21(32)34)10-14-18(22(23,24)25)35-11-27-14/h2-9,11H,10H2,1H3,(H2,26,28,29)/p+1. The van der Waals surface area contributed by atoms with Crippen LogP contribution >= 0.6 is 11.3 Å². The van der Waals surface area contributed by atoms with Crippen molar-refractivity contribution in [2.75, 3.05) is 5.73 Å². The molecule has 0 aliphatic rings. The van der Waals surface area contributed by atoms with Gasteiger partial charge in [0.25, 0.3) is 0 Å². The smallest absolute Gasteiger partial charge is 0.319 e. The Balaban J connectivity index is 1.79. The highest BCUT2D eigenvalue weighted by Crippen LogP contribution is 2.35. The SMILES string of the molecule is Cn1cc(-c2c(-c3ccccc3)nc(N)[n+]3c(=O)n(Cc4ncsc4C(F)(F)F)[nH]c23)ccc1=O. The van der Waals surface area contributed by atoms with Gasteiger partial charge in [-0.1, -0.05) is 30.3 Å². The number of nitrogens with zero attached hydrogens (tertiary/aromatic N) is 5. The normalized spacial score (nSPS) is 11.9. The van der Waals surface area contributed by atoms with Crippen molar-refractivity contribution >= 4 is 22.9 Å². The van der Waals surface area contributed by atoms with E-state index in [-0.39, 0.29) is 22.8 Å². The Bertz CT molecular complexity index is 1680. The van der Waals surface area contributed by atoms with Crippen molar-refractivity contribution in [2.45, 2.75) is 12.7 Å². The Labute approximate surface area is 198 Å². The molecule has 9 nitrogen and oxygen atoms in total. The van der Waals surface area contributed by atoms with Crippen LogP contribution < -0.4 is 21.4 Å². The summed E-state index contributed by atoms with van der Waals surface area (Å²) in [6, 6.07) is 12.0.